The molecule has 1 aliphatic rings. The van der Waals surface area contributed by atoms with Gasteiger partial charge in [0.25, 0.3) is 0 Å². The second kappa shape index (κ2) is 7.38. The van der Waals surface area contributed by atoms with E-state index in [0.29, 0.717) is 5.02 Å². The second-order valence-electron chi connectivity index (χ2n) is 5.49. The topological polar surface area (TPSA) is 15.7 Å². The SMILES string of the molecule is CC(C)Oc1ccc(Cl)cc1[CH]=[Ru]([Cl])([Cl])=[C]1N(C)CCN1C. The number of hydrogen-bond donors (Lipinski definition) is 0. The first kappa shape index (κ1) is 18.5. The predicted octanol–water partition coefficient (Wildman–Crippen LogP) is 3.70. The van der Waals surface area contributed by atoms with Crippen molar-refractivity contribution in [2.24, 2.45) is 0 Å². The van der Waals surface area contributed by atoms with Crippen LogP contribution in [0.2, 0.25) is 5.02 Å². The fourth-order valence-electron chi connectivity index (χ4n) is 2.27. The van der Waals surface area contributed by atoms with Crippen LogP contribution in [-0.4, -0.2) is 52.1 Å². The molecule has 22 heavy (non-hydrogen) atoms. The quantitative estimate of drug-likeness (QED) is 0.651. The summed E-state index contributed by atoms with van der Waals surface area (Å²) < 4.78 is 8.82. The molecule has 3 nitrogen and oxygen atoms in total. The molecule has 0 aromatic heterocycles. The first-order valence-corrected chi connectivity index (χ1v) is 13.7. The number of likely N-dealkylation sites (N-methyl/N-ethyl adjacent to an activating group) is 2. The van der Waals surface area contributed by atoms with E-state index >= 15 is 0 Å². The summed E-state index contributed by atoms with van der Waals surface area (Å²) in [4.78, 5) is 4.27. The Hall–Kier alpha value is 0.173. The number of halogens is 3. The van der Waals surface area contributed by atoms with E-state index < -0.39 is 11.9 Å². The van der Waals surface area contributed by atoms with Gasteiger partial charge in [-0.1, -0.05) is 0 Å². The van der Waals surface area contributed by atoms with Crippen LogP contribution in [0.3, 0.4) is 0 Å². The molecule has 1 aliphatic heterocycles. The van der Waals surface area contributed by atoms with Crippen LogP contribution < -0.4 is 4.74 Å². The van der Waals surface area contributed by atoms with Gasteiger partial charge < -0.3 is 0 Å². The maximum atomic E-state index is 6.79. The molecule has 7 heteroatoms. The van der Waals surface area contributed by atoms with Crippen LogP contribution in [0.5, 0.6) is 5.75 Å². The molecule has 1 saturated heterocycles. The summed E-state index contributed by atoms with van der Waals surface area (Å²) in [5.41, 5.74) is 0.860. The zero-order chi connectivity index (χ0) is 16.5. The summed E-state index contributed by atoms with van der Waals surface area (Å²) in [5.74, 6) is 0.759. The fourth-order valence-corrected chi connectivity index (χ4v) is 9.31. The standard InChI is InChI=1S/C10H11ClO.C5H10N2.2ClH.Ru/c1-7(2)12-10-5-4-9(11)6-8(10)3;1-6-3-4-7(2)5-6;;;/h3-7H,1-2H3;3-4H2,1-2H3;2*1H;/q;;;;+2/p-2. The molecule has 2 rings (SSSR count). The van der Waals surface area contributed by atoms with Crippen molar-refractivity contribution in [1.82, 2.24) is 9.80 Å². The maximum absolute atomic E-state index is 6.79. The first-order valence-electron chi connectivity index (χ1n) is 6.93. The molecule has 1 aromatic rings. The monoisotopic (exact) mass is 452 g/mol. The van der Waals surface area contributed by atoms with Gasteiger partial charge in [-0.05, 0) is 0 Å². The van der Waals surface area contributed by atoms with Crippen LogP contribution in [-0.2, 0) is 11.9 Å². The summed E-state index contributed by atoms with van der Waals surface area (Å²) in [6.07, 6.45) is 0.0725. The van der Waals surface area contributed by atoms with Gasteiger partial charge in [-0.3, -0.25) is 0 Å². The predicted molar refractivity (Wildman–Crippen MR) is 94.4 cm³/mol. The minimum absolute atomic E-state index is 0.0725. The fraction of sp³-hybridized carbons (Fsp3) is 0.467. The van der Waals surface area contributed by atoms with E-state index in [0.717, 1.165) is 28.8 Å². The third-order valence-corrected chi connectivity index (χ3v) is 9.26. The van der Waals surface area contributed by atoms with E-state index in [9.17, 15) is 0 Å². The summed E-state index contributed by atoms with van der Waals surface area (Å²) in [6, 6.07) is 5.53. The van der Waals surface area contributed by atoms with Crippen LogP contribution in [0.1, 0.15) is 19.4 Å². The summed E-state index contributed by atoms with van der Waals surface area (Å²) in [7, 11) is 17.6. The number of benzene rings is 1. The zero-order valence-corrected chi connectivity index (χ0v) is 17.1. The molecule has 0 N–H and O–H groups in total. The van der Waals surface area contributed by atoms with E-state index in [-0.39, 0.29) is 6.10 Å². The van der Waals surface area contributed by atoms with E-state index in [4.69, 9.17) is 35.7 Å². The Labute approximate surface area is 147 Å². The average molecular weight is 453 g/mol. The molecule has 0 radical (unpaired) electrons. The van der Waals surface area contributed by atoms with Gasteiger partial charge in [-0.2, -0.15) is 0 Å². The van der Waals surface area contributed by atoms with E-state index in [1.54, 1.807) is 0 Å². The van der Waals surface area contributed by atoms with E-state index in [2.05, 4.69) is 9.80 Å². The molecule has 126 valence electrons. The van der Waals surface area contributed by atoms with Crippen molar-refractivity contribution < 1.29 is 16.6 Å². The van der Waals surface area contributed by atoms with Crippen LogP contribution >= 0.6 is 31.0 Å². The van der Waals surface area contributed by atoms with Crippen molar-refractivity contribution in [1.29, 1.82) is 0 Å². The van der Waals surface area contributed by atoms with Crippen molar-refractivity contribution in [3.63, 3.8) is 0 Å². The van der Waals surface area contributed by atoms with Gasteiger partial charge in [0.2, 0.25) is 0 Å². The Bertz CT molecular complexity index is 661. The van der Waals surface area contributed by atoms with Crippen molar-refractivity contribution in [2.75, 3.05) is 27.2 Å². The Morgan fingerprint density at radius 2 is 1.77 bits per heavy atom. The Kier molecular flexibility index (Phi) is 6.21. The van der Waals surface area contributed by atoms with Crippen molar-refractivity contribution in [2.45, 2.75) is 20.0 Å². The van der Waals surface area contributed by atoms with Gasteiger partial charge in [-0.15, -0.1) is 0 Å². The van der Waals surface area contributed by atoms with Gasteiger partial charge in [0.15, 0.2) is 0 Å². The van der Waals surface area contributed by atoms with Crippen molar-refractivity contribution >= 4 is 39.9 Å². The molecule has 1 fully saturated rings. The molecule has 0 atom stereocenters. The van der Waals surface area contributed by atoms with Crippen molar-refractivity contribution in [3.05, 3.63) is 28.8 Å². The molecule has 0 spiro atoms. The van der Waals surface area contributed by atoms with Crippen molar-refractivity contribution in [3.8, 4) is 5.75 Å². The third-order valence-electron chi connectivity index (χ3n) is 3.17. The molecule has 0 bridgehead atoms. The molecule has 1 aromatic carbocycles. The summed E-state index contributed by atoms with van der Waals surface area (Å²) >= 11 is 2.97. The van der Waals surface area contributed by atoms with Gasteiger partial charge in [0.05, 0.1) is 0 Å². The summed E-state index contributed by atoms with van der Waals surface area (Å²) in [5, 5.41) is 0.643. The average Bonchev–Trinajstić information content (AvgIpc) is 2.72. The molecular weight excluding hydrogens is 432 g/mol. The summed E-state index contributed by atoms with van der Waals surface area (Å²) in [6.45, 7) is 5.85. The van der Waals surface area contributed by atoms with Gasteiger partial charge in [-0.25, -0.2) is 0 Å². The van der Waals surface area contributed by atoms with Crippen LogP contribution in [0, 0.1) is 0 Å². The van der Waals surface area contributed by atoms with Crippen LogP contribution in [0.15, 0.2) is 18.2 Å². The van der Waals surface area contributed by atoms with Gasteiger partial charge in [0, 0.05) is 0 Å². The van der Waals surface area contributed by atoms with Crippen LogP contribution in [0.4, 0.5) is 0 Å². The third kappa shape index (κ3) is 4.37. The Balaban J connectivity index is 2.61. The molecule has 0 aliphatic carbocycles. The molecule has 1 heterocycles. The molecule has 0 saturated carbocycles. The number of hydrogen-bond acceptors (Lipinski definition) is 3. The second-order valence-corrected chi connectivity index (χ2v) is 15.2. The number of nitrogens with zero attached hydrogens (tertiary/aromatic N) is 2. The minimum atomic E-state index is -3.16. The van der Waals surface area contributed by atoms with Gasteiger partial charge in [0.1, 0.15) is 0 Å². The van der Waals surface area contributed by atoms with Gasteiger partial charge >= 0.3 is 148 Å². The molecular formula is C15H21Cl3N2ORu. The number of ether oxygens (including phenoxy) is 1. The Morgan fingerprint density at radius 3 is 2.32 bits per heavy atom. The van der Waals surface area contributed by atoms with E-state index in [1.807, 2.05) is 50.8 Å². The Morgan fingerprint density at radius 1 is 1.18 bits per heavy atom. The van der Waals surface area contributed by atoms with Crippen LogP contribution in [0.25, 0.3) is 0 Å². The first-order chi connectivity index (χ1) is 10.2. The van der Waals surface area contributed by atoms with E-state index in [1.165, 1.54) is 0 Å². The zero-order valence-electron chi connectivity index (χ0n) is 13.1. The molecule has 0 amide bonds. The number of rotatable bonds is 3. The normalized spacial score (nSPS) is 18.1. The molecule has 0 unspecified atom stereocenters.